The van der Waals surface area contributed by atoms with Gasteiger partial charge in [0.05, 0.1) is 5.56 Å². The van der Waals surface area contributed by atoms with Crippen molar-refractivity contribution in [3.05, 3.63) is 22.9 Å². The average Bonchev–Trinajstić information content (AvgIpc) is 2.53. The molecule has 2 rings (SSSR count). The van der Waals surface area contributed by atoms with Gasteiger partial charge in [-0.2, -0.15) is 0 Å². The third-order valence-electron chi connectivity index (χ3n) is 3.73. The van der Waals surface area contributed by atoms with Gasteiger partial charge in [-0.15, -0.1) is 0 Å². The van der Waals surface area contributed by atoms with Gasteiger partial charge in [-0.3, -0.25) is 4.79 Å². The van der Waals surface area contributed by atoms with Crippen LogP contribution in [0.25, 0.3) is 0 Å². The maximum Gasteiger partial charge on any atom is 0.252 e. The van der Waals surface area contributed by atoms with Gasteiger partial charge in [0.1, 0.15) is 5.82 Å². The molecule has 2 heterocycles. The molecule has 0 bridgehead atoms. The van der Waals surface area contributed by atoms with E-state index in [0.717, 1.165) is 11.3 Å². The number of pyridine rings is 1. The zero-order valence-corrected chi connectivity index (χ0v) is 11.7. The smallest absolute Gasteiger partial charge is 0.252 e. The number of nitrogens with zero attached hydrogens (tertiary/aromatic N) is 2. The first-order valence-corrected chi connectivity index (χ1v) is 6.71. The number of aromatic nitrogens is 1. The summed E-state index contributed by atoms with van der Waals surface area (Å²) in [6.07, 6.45) is 0.0276. The number of aryl methyl sites for hydroxylation is 2. The normalized spacial score (nSPS) is 18.7. The van der Waals surface area contributed by atoms with Crippen molar-refractivity contribution in [3.8, 4) is 0 Å². The fourth-order valence-corrected chi connectivity index (χ4v) is 2.39. The Labute approximate surface area is 117 Å². The van der Waals surface area contributed by atoms with Crippen LogP contribution in [0.15, 0.2) is 6.07 Å². The third-order valence-corrected chi connectivity index (χ3v) is 3.73. The van der Waals surface area contributed by atoms with Crippen LogP contribution in [0, 0.1) is 13.8 Å². The van der Waals surface area contributed by atoms with E-state index in [2.05, 4.69) is 4.98 Å². The first-order chi connectivity index (χ1) is 9.30. The minimum absolute atomic E-state index is 0.125. The first-order valence-electron chi connectivity index (χ1n) is 6.71. The summed E-state index contributed by atoms with van der Waals surface area (Å²) in [7, 11) is 0. The van der Waals surface area contributed by atoms with E-state index in [1.165, 1.54) is 0 Å². The monoisotopic (exact) mass is 283 g/mol. The van der Waals surface area contributed by atoms with Crippen molar-refractivity contribution in [2.24, 2.45) is 5.73 Å². The highest BCUT2D eigenvalue weighted by molar-refractivity contribution is 5.98. The molecular formula is C14H19F2N3O. The highest BCUT2D eigenvalue weighted by atomic mass is 19.3. The highest BCUT2D eigenvalue weighted by Gasteiger charge is 2.33. The van der Waals surface area contributed by atoms with Crippen LogP contribution in [-0.2, 0) is 0 Å². The third kappa shape index (κ3) is 3.05. The van der Waals surface area contributed by atoms with Crippen molar-refractivity contribution in [2.75, 3.05) is 18.0 Å². The Bertz CT molecular complexity index is 531. The van der Waals surface area contributed by atoms with Crippen LogP contribution in [0.2, 0.25) is 0 Å². The van der Waals surface area contributed by atoms with E-state index in [4.69, 9.17) is 5.73 Å². The van der Waals surface area contributed by atoms with Gasteiger partial charge in [0.25, 0.3) is 5.91 Å². The van der Waals surface area contributed by atoms with Gasteiger partial charge in [-0.25, -0.2) is 13.8 Å². The van der Waals surface area contributed by atoms with Gasteiger partial charge in [0.15, 0.2) is 0 Å². The minimum Gasteiger partial charge on any atom is -0.365 e. The molecule has 1 amide bonds. The van der Waals surface area contributed by atoms with E-state index >= 15 is 0 Å². The van der Waals surface area contributed by atoms with Gasteiger partial charge in [0.2, 0.25) is 5.92 Å². The van der Waals surface area contributed by atoms with Crippen molar-refractivity contribution < 1.29 is 13.6 Å². The second-order valence-electron chi connectivity index (χ2n) is 5.32. The number of anilines is 1. The maximum atomic E-state index is 13.4. The number of rotatable bonds is 2. The number of alkyl halides is 2. The van der Waals surface area contributed by atoms with E-state index in [1.54, 1.807) is 11.0 Å². The predicted octanol–water partition coefficient (Wildman–Crippen LogP) is 2.42. The number of hydrogen-bond acceptors (Lipinski definition) is 3. The minimum atomic E-state index is -2.64. The van der Waals surface area contributed by atoms with Gasteiger partial charge in [-0.05, 0) is 31.9 Å². The van der Waals surface area contributed by atoms with Crippen LogP contribution in [0.1, 0.15) is 40.9 Å². The number of nitrogens with two attached hydrogens (primary N) is 1. The van der Waals surface area contributed by atoms with Crippen molar-refractivity contribution in [2.45, 2.75) is 39.0 Å². The number of hydrogen-bond donors (Lipinski definition) is 1. The van der Waals surface area contributed by atoms with Crippen LogP contribution < -0.4 is 10.6 Å². The van der Waals surface area contributed by atoms with Crippen LogP contribution in [0.3, 0.4) is 0 Å². The first kappa shape index (κ1) is 14.7. The second kappa shape index (κ2) is 5.34. The number of primary amides is 1. The molecule has 0 aromatic carbocycles. The highest BCUT2D eigenvalue weighted by Crippen LogP contribution is 2.30. The SMILES string of the molecule is Cc1cc(C(N)=O)c(N2CCCC(F)(F)CC2)nc1C. The molecule has 4 nitrogen and oxygen atoms in total. The van der Waals surface area contributed by atoms with Gasteiger partial charge in [0, 0.05) is 31.6 Å². The predicted molar refractivity (Wildman–Crippen MR) is 73.2 cm³/mol. The lowest BCUT2D eigenvalue weighted by atomic mass is 10.1. The Morgan fingerprint density at radius 2 is 2.05 bits per heavy atom. The van der Waals surface area contributed by atoms with Crippen LogP contribution in [0.5, 0.6) is 0 Å². The Morgan fingerprint density at radius 1 is 1.35 bits per heavy atom. The number of halogens is 2. The molecule has 2 N–H and O–H groups in total. The number of carbonyl (C=O) groups is 1. The molecule has 1 aliphatic rings. The Morgan fingerprint density at radius 3 is 2.70 bits per heavy atom. The second-order valence-corrected chi connectivity index (χ2v) is 5.32. The van der Waals surface area contributed by atoms with Crippen LogP contribution >= 0.6 is 0 Å². The maximum absolute atomic E-state index is 13.4. The molecule has 0 spiro atoms. The quantitative estimate of drug-likeness (QED) is 0.906. The Hall–Kier alpha value is -1.72. The molecule has 1 saturated heterocycles. The van der Waals surface area contributed by atoms with Crippen molar-refractivity contribution in [3.63, 3.8) is 0 Å². The zero-order valence-electron chi connectivity index (χ0n) is 11.7. The van der Waals surface area contributed by atoms with Crippen molar-refractivity contribution in [1.82, 2.24) is 4.98 Å². The molecule has 0 saturated carbocycles. The summed E-state index contributed by atoms with van der Waals surface area (Å²) in [4.78, 5) is 17.7. The van der Waals surface area contributed by atoms with E-state index in [9.17, 15) is 13.6 Å². The molecule has 0 radical (unpaired) electrons. The fourth-order valence-electron chi connectivity index (χ4n) is 2.39. The van der Waals surface area contributed by atoms with Gasteiger partial charge in [-0.1, -0.05) is 0 Å². The van der Waals surface area contributed by atoms with E-state index < -0.39 is 11.8 Å². The number of amides is 1. The molecule has 1 aromatic heterocycles. The molecule has 0 unspecified atom stereocenters. The zero-order chi connectivity index (χ0) is 14.9. The summed E-state index contributed by atoms with van der Waals surface area (Å²) in [6, 6.07) is 1.68. The molecular weight excluding hydrogens is 264 g/mol. The standard InChI is InChI=1S/C14H19F2N3O/c1-9-8-11(12(17)20)13(18-10(9)2)19-6-3-4-14(15,16)5-7-19/h8H,3-7H2,1-2H3,(H2,17,20). The molecule has 6 heteroatoms. The molecule has 20 heavy (non-hydrogen) atoms. The largest absolute Gasteiger partial charge is 0.365 e. The fraction of sp³-hybridized carbons (Fsp3) is 0.571. The summed E-state index contributed by atoms with van der Waals surface area (Å²) in [5, 5.41) is 0. The van der Waals surface area contributed by atoms with Crippen LogP contribution in [0.4, 0.5) is 14.6 Å². The topological polar surface area (TPSA) is 59.2 Å². The summed E-state index contributed by atoms with van der Waals surface area (Å²) < 4.78 is 26.8. The molecule has 1 aliphatic heterocycles. The van der Waals surface area contributed by atoms with Gasteiger partial charge >= 0.3 is 0 Å². The number of carbonyl (C=O) groups excluding carboxylic acids is 1. The molecule has 1 fully saturated rings. The molecule has 1 aromatic rings. The Balaban J connectivity index is 2.36. The van der Waals surface area contributed by atoms with E-state index in [1.807, 2.05) is 13.8 Å². The lowest BCUT2D eigenvalue weighted by molar-refractivity contribution is -0.0102. The summed E-state index contributed by atoms with van der Waals surface area (Å²) in [6.45, 7) is 4.32. The Kier molecular flexibility index (Phi) is 3.92. The molecule has 0 atom stereocenters. The summed E-state index contributed by atoms with van der Waals surface area (Å²) in [5.41, 5.74) is 7.33. The van der Waals surface area contributed by atoms with E-state index in [0.29, 0.717) is 24.3 Å². The van der Waals surface area contributed by atoms with Crippen molar-refractivity contribution >= 4 is 11.7 Å². The lowest BCUT2D eigenvalue weighted by Crippen LogP contribution is -2.30. The molecule has 0 aliphatic carbocycles. The summed E-state index contributed by atoms with van der Waals surface area (Å²) in [5.74, 6) is -2.79. The molecule has 110 valence electrons. The lowest BCUT2D eigenvalue weighted by Gasteiger charge is -2.24. The van der Waals surface area contributed by atoms with E-state index in [-0.39, 0.29) is 19.4 Å². The van der Waals surface area contributed by atoms with Gasteiger partial charge < -0.3 is 10.6 Å². The van der Waals surface area contributed by atoms with Crippen molar-refractivity contribution in [1.29, 1.82) is 0 Å². The van der Waals surface area contributed by atoms with Crippen LogP contribution in [-0.4, -0.2) is 29.9 Å². The average molecular weight is 283 g/mol. The summed E-state index contributed by atoms with van der Waals surface area (Å²) >= 11 is 0.